The maximum Gasteiger partial charge on any atom is 0.253 e. The molecule has 8 nitrogen and oxygen atoms in total. The Morgan fingerprint density at radius 2 is 1.91 bits per heavy atom. The molecule has 2 aromatic carbocycles. The van der Waals surface area contributed by atoms with Gasteiger partial charge in [-0.2, -0.15) is 0 Å². The van der Waals surface area contributed by atoms with Crippen molar-refractivity contribution >= 4 is 22.8 Å². The van der Waals surface area contributed by atoms with Crippen molar-refractivity contribution in [2.24, 2.45) is 5.73 Å². The van der Waals surface area contributed by atoms with Gasteiger partial charge in [0, 0.05) is 17.7 Å². The SMILES string of the molecule is COc1ccc(C)c(-n2c(N)c(C(N)=O)c3c(C#Cc4cccc(CN(C)C)c4)ncnc32)c1C. The van der Waals surface area contributed by atoms with Gasteiger partial charge in [-0.15, -0.1) is 0 Å². The molecule has 0 unspecified atom stereocenters. The summed E-state index contributed by atoms with van der Waals surface area (Å²) in [5.41, 5.74) is 17.8. The third kappa shape index (κ3) is 4.42. The van der Waals surface area contributed by atoms with Gasteiger partial charge in [0.25, 0.3) is 5.91 Å². The first-order valence-electron chi connectivity index (χ1n) is 11.1. The van der Waals surface area contributed by atoms with Gasteiger partial charge in [0.1, 0.15) is 23.6 Å². The second kappa shape index (κ2) is 9.49. The molecule has 4 aromatic rings. The van der Waals surface area contributed by atoms with E-state index in [-0.39, 0.29) is 11.4 Å². The highest BCUT2D eigenvalue weighted by molar-refractivity contribution is 6.12. The summed E-state index contributed by atoms with van der Waals surface area (Å²) < 4.78 is 7.24. The summed E-state index contributed by atoms with van der Waals surface area (Å²) in [6.07, 6.45) is 1.42. The van der Waals surface area contributed by atoms with E-state index in [1.165, 1.54) is 6.33 Å². The number of primary amides is 1. The average Bonchev–Trinajstić information content (AvgIpc) is 3.10. The lowest BCUT2D eigenvalue weighted by atomic mass is 10.1. The van der Waals surface area contributed by atoms with Crippen LogP contribution < -0.4 is 16.2 Å². The Kier molecular flexibility index (Phi) is 6.45. The fraction of sp³-hybridized carbons (Fsp3) is 0.222. The van der Waals surface area contributed by atoms with Crippen LogP contribution in [0.1, 0.15) is 38.3 Å². The first-order chi connectivity index (χ1) is 16.7. The van der Waals surface area contributed by atoms with Gasteiger partial charge in [0.15, 0.2) is 5.65 Å². The van der Waals surface area contributed by atoms with Gasteiger partial charge >= 0.3 is 0 Å². The van der Waals surface area contributed by atoms with E-state index < -0.39 is 5.91 Å². The fourth-order valence-electron chi connectivity index (χ4n) is 4.33. The summed E-state index contributed by atoms with van der Waals surface area (Å²) in [5.74, 6) is 6.48. The van der Waals surface area contributed by atoms with E-state index in [2.05, 4.69) is 32.8 Å². The first kappa shape index (κ1) is 23.8. The summed E-state index contributed by atoms with van der Waals surface area (Å²) in [7, 11) is 5.64. The Morgan fingerprint density at radius 3 is 2.60 bits per heavy atom. The van der Waals surface area contributed by atoms with Crippen LogP contribution in [0.2, 0.25) is 0 Å². The standard InChI is InChI=1S/C27H28N6O2/c1-16-9-12-21(35-5)17(2)24(16)33-25(28)23(26(29)34)22-20(30-15-31-27(22)33)11-10-18-7-6-8-19(13-18)14-32(3)4/h6-9,12-13,15H,14,28H2,1-5H3,(H2,29,34). The second-order valence-electron chi connectivity index (χ2n) is 8.63. The molecule has 35 heavy (non-hydrogen) atoms. The van der Waals surface area contributed by atoms with Crippen LogP contribution >= 0.6 is 0 Å². The maximum absolute atomic E-state index is 12.5. The zero-order chi connectivity index (χ0) is 25.3. The molecule has 0 saturated carbocycles. The molecule has 0 aliphatic rings. The summed E-state index contributed by atoms with van der Waals surface area (Å²) in [5, 5.41) is 0.427. The number of methoxy groups -OCH3 is 1. The zero-order valence-electron chi connectivity index (χ0n) is 20.5. The fourth-order valence-corrected chi connectivity index (χ4v) is 4.33. The molecule has 0 aliphatic heterocycles. The number of nitrogen functional groups attached to an aromatic ring is 1. The van der Waals surface area contributed by atoms with Crippen molar-refractivity contribution in [3.8, 4) is 23.3 Å². The van der Waals surface area contributed by atoms with Gasteiger partial charge in [-0.05, 0) is 63.2 Å². The molecule has 2 heterocycles. The van der Waals surface area contributed by atoms with Gasteiger partial charge < -0.3 is 21.1 Å². The normalized spacial score (nSPS) is 10.9. The van der Waals surface area contributed by atoms with Crippen LogP contribution in [0.15, 0.2) is 42.7 Å². The van der Waals surface area contributed by atoms with Crippen molar-refractivity contribution in [3.63, 3.8) is 0 Å². The van der Waals surface area contributed by atoms with E-state index in [0.29, 0.717) is 22.5 Å². The van der Waals surface area contributed by atoms with E-state index in [0.717, 1.165) is 34.5 Å². The van der Waals surface area contributed by atoms with E-state index in [9.17, 15) is 4.79 Å². The molecule has 178 valence electrons. The molecule has 0 atom stereocenters. The third-order valence-corrected chi connectivity index (χ3v) is 5.81. The number of amides is 1. The second-order valence-corrected chi connectivity index (χ2v) is 8.63. The van der Waals surface area contributed by atoms with Crippen LogP contribution in [0.5, 0.6) is 5.75 Å². The predicted molar refractivity (Wildman–Crippen MR) is 138 cm³/mol. The molecular formula is C27H28N6O2. The number of anilines is 1. The summed E-state index contributed by atoms with van der Waals surface area (Å²) in [6, 6.07) is 11.8. The minimum absolute atomic E-state index is 0.146. The van der Waals surface area contributed by atoms with Gasteiger partial charge in [-0.3, -0.25) is 9.36 Å². The number of nitrogens with zero attached hydrogens (tertiary/aromatic N) is 4. The lowest BCUT2D eigenvalue weighted by molar-refractivity contribution is 0.100. The Hall–Kier alpha value is -4.35. The number of hydrogen-bond donors (Lipinski definition) is 2. The topological polar surface area (TPSA) is 112 Å². The van der Waals surface area contributed by atoms with Crippen molar-refractivity contribution in [1.82, 2.24) is 19.4 Å². The van der Waals surface area contributed by atoms with Crippen LogP contribution in [0.3, 0.4) is 0 Å². The molecule has 4 N–H and O–H groups in total. The number of carbonyl (C=O) groups is 1. The number of fused-ring (bicyclic) bond motifs is 1. The Balaban J connectivity index is 1.96. The van der Waals surface area contributed by atoms with E-state index >= 15 is 0 Å². The number of rotatable bonds is 5. The maximum atomic E-state index is 12.5. The number of aryl methyl sites for hydroxylation is 1. The van der Waals surface area contributed by atoms with Crippen molar-refractivity contribution in [2.45, 2.75) is 20.4 Å². The molecule has 0 bridgehead atoms. The summed E-state index contributed by atoms with van der Waals surface area (Å²) in [4.78, 5) is 23.5. The Labute approximate surface area is 204 Å². The Morgan fingerprint density at radius 1 is 1.14 bits per heavy atom. The van der Waals surface area contributed by atoms with Crippen molar-refractivity contribution < 1.29 is 9.53 Å². The minimum atomic E-state index is -0.671. The highest BCUT2D eigenvalue weighted by Gasteiger charge is 2.26. The van der Waals surface area contributed by atoms with Crippen LogP contribution in [0.4, 0.5) is 5.82 Å². The predicted octanol–water partition coefficient (Wildman–Crippen LogP) is 3.19. The smallest absolute Gasteiger partial charge is 0.253 e. The van der Waals surface area contributed by atoms with Gasteiger partial charge in [-0.1, -0.05) is 24.1 Å². The summed E-state index contributed by atoms with van der Waals surface area (Å²) in [6.45, 7) is 4.69. The van der Waals surface area contributed by atoms with Gasteiger partial charge in [-0.25, -0.2) is 9.97 Å². The van der Waals surface area contributed by atoms with Crippen molar-refractivity contribution in [2.75, 3.05) is 26.9 Å². The number of aromatic nitrogens is 3. The van der Waals surface area contributed by atoms with Crippen LogP contribution in [0.25, 0.3) is 16.7 Å². The van der Waals surface area contributed by atoms with Crippen LogP contribution in [0, 0.1) is 25.7 Å². The van der Waals surface area contributed by atoms with Crippen molar-refractivity contribution in [1.29, 1.82) is 0 Å². The number of carbonyl (C=O) groups excluding carboxylic acids is 1. The number of ether oxygens (including phenoxy) is 1. The third-order valence-electron chi connectivity index (χ3n) is 5.81. The molecule has 0 spiro atoms. The molecule has 0 radical (unpaired) electrons. The number of hydrogen-bond acceptors (Lipinski definition) is 6. The van der Waals surface area contributed by atoms with Gasteiger partial charge in [0.2, 0.25) is 0 Å². The van der Waals surface area contributed by atoms with E-state index in [1.807, 2.05) is 58.3 Å². The highest BCUT2D eigenvalue weighted by atomic mass is 16.5. The molecule has 0 aliphatic carbocycles. The molecule has 0 fully saturated rings. The number of nitrogens with two attached hydrogens (primary N) is 2. The quantitative estimate of drug-likeness (QED) is 0.435. The van der Waals surface area contributed by atoms with E-state index in [1.54, 1.807) is 11.7 Å². The molecule has 1 amide bonds. The Bertz CT molecular complexity index is 1510. The van der Waals surface area contributed by atoms with E-state index in [4.69, 9.17) is 16.2 Å². The lowest BCUT2D eigenvalue weighted by Crippen LogP contribution is -2.14. The van der Waals surface area contributed by atoms with Crippen LogP contribution in [-0.4, -0.2) is 46.5 Å². The molecular weight excluding hydrogens is 440 g/mol. The first-order valence-corrected chi connectivity index (χ1v) is 11.1. The largest absolute Gasteiger partial charge is 0.496 e. The lowest BCUT2D eigenvalue weighted by Gasteiger charge is -2.16. The van der Waals surface area contributed by atoms with Crippen LogP contribution in [-0.2, 0) is 6.54 Å². The summed E-state index contributed by atoms with van der Waals surface area (Å²) >= 11 is 0. The van der Waals surface area contributed by atoms with Crippen molar-refractivity contribution in [3.05, 3.63) is 76.2 Å². The zero-order valence-corrected chi connectivity index (χ0v) is 20.5. The van der Waals surface area contributed by atoms with Gasteiger partial charge in [0.05, 0.1) is 23.7 Å². The minimum Gasteiger partial charge on any atom is -0.496 e. The molecule has 8 heteroatoms. The molecule has 4 rings (SSSR count). The average molecular weight is 469 g/mol. The molecule has 0 saturated heterocycles. The monoisotopic (exact) mass is 468 g/mol. The molecule has 2 aromatic heterocycles. The number of benzene rings is 2. The highest BCUT2D eigenvalue weighted by Crippen LogP contribution is 2.36.